The van der Waals surface area contributed by atoms with Gasteiger partial charge in [0.2, 0.25) is 0 Å². The van der Waals surface area contributed by atoms with Gasteiger partial charge in [-0.3, -0.25) is 14.2 Å². The molecule has 0 amide bonds. The normalized spacial score (nSPS) is 13.1. The first-order chi connectivity index (χ1) is 16.6. The first-order valence-electron chi connectivity index (χ1n) is 11.4. The van der Waals surface area contributed by atoms with Gasteiger partial charge in [-0.2, -0.15) is 0 Å². The van der Waals surface area contributed by atoms with Crippen LogP contribution in [0.25, 0.3) is 26.8 Å². The van der Waals surface area contributed by atoms with Gasteiger partial charge in [0.1, 0.15) is 10.7 Å². The van der Waals surface area contributed by atoms with Crippen molar-refractivity contribution in [2.45, 2.75) is 43.5 Å². The summed E-state index contributed by atoms with van der Waals surface area (Å²) in [5, 5.41) is 1.90. The first kappa shape index (κ1) is 21.3. The number of aryl methyl sites for hydroxylation is 3. The van der Waals surface area contributed by atoms with Gasteiger partial charge in [0, 0.05) is 4.88 Å². The number of H-pyrrole nitrogens is 1. The molecule has 0 bridgehead atoms. The van der Waals surface area contributed by atoms with E-state index in [1.807, 2.05) is 42.5 Å². The Morgan fingerprint density at radius 3 is 2.71 bits per heavy atom. The van der Waals surface area contributed by atoms with Crippen LogP contribution in [0, 0.1) is 0 Å². The van der Waals surface area contributed by atoms with Crippen LogP contribution >= 0.6 is 23.1 Å². The Morgan fingerprint density at radius 2 is 1.88 bits per heavy atom. The maximum Gasteiger partial charge on any atom is 0.266 e. The molecule has 1 N–H and O–H groups in total. The van der Waals surface area contributed by atoms with Gasteiger partial charge < -0.3 is 4.98 Å². The molecule has 0 saturated carbocycles. The summed E-state index contributed by atoms with van der Waals surface area (Å²) in [7, 11) is 0. The lowest BCUT2D eigenvalue weighted by molar-refractivity contribution is 0.817. The maximum absolute atomic E-state index is 13.5. The zero-order valence-electron chi connectivity index (χ0n) is 18.6. The highest BCUT2D eigenvalue weighted by Gasteiger charge is 2.21. The van der Waals surface area contributed by atoms with Crippen molar-refractivity contribution in [3.8, 4) is 5.69 Å². The Bertz CT molecular complexity index is 1670. The molecule has 3 heterocycles. The molecule has 3 aromatic heterocycles. The van der Waals surface area contributed by atoms with Crippen molar-refractivity contribution in [1.82, 2.24) is 19.5 Å². The van der Waals surface area contributed by atoms with Crippen molar-refractivity contribution in [1.29, 1.82) is 0 Å². The lowest BCUT2D eigenvalue weighted by Crippen LogP contribution is -2.22. The summed E-state index contributed by atoms with van der Waals surface area (Å²) in [5.41, 5.74) is 3.63. The zero-order valence-corrected chi connectivity index (χ0v) is 20.3. The van der Waals surface area contributed by atoms with Gasteiger partial charge in [-0.1, -0.05) is 43.0 Å². The number of rotatable bonds is 5. The van der Waals surface area contributed by atoms with Crippen LogP contribution in [0.2, 0.25) is 0 Å². The average Bonchev–Trinajstić information content (AvgIpc) is 3.44. The third-order valence-corrected chi connectivity index (χ3v) is 8.45. The highest BCUT2D eigenvalue weighted by molar-refractivity contribution is 7.98. The van der Waals surface area contributed by atoms with E-state index in [1.54, 1.807) is 22.0 Å². The van der Waals surface area contributed by atoms with E-state index in [1.165, 1.54) is 27.8 Å². The van der Waals surface area contributed by atoms with Crippen molar-refractivity contribution in [3.05, 3.63) is 91.1 Å². The number of hydrogen-bond acceptors (Lipinski definition) is 6. The lowest BCUT2D eigenvalue weighted by Gasteiger charge is -2.13. The van der Waals surface area contributed by atoms with Crippen LogP contribution in [0.5, 0.6) is 0 Å². The second-order valence-corrected chi connectivity index (χ2v) is 10.4. The third-order valence-electron chi connectivity index (χ3n) is 6.31. The number of aromatic nitrogens is 4. The van der Waals surface area contributed by atoms with Crippen molar-refractivity contribution >= 4 is 44.2 Å². The number of nitrogens with zero attached hydrogens (tertiary/aromatic N) is 3. The summed E-state index contributed by atoms with van der Waals surface area (Å²) < 4.78 is 1.66. The molecule has 6 rings (SSSR count). The van der Waals surface area contributed by atoms with E-state index >= 15 is 0 Å². The highest BCUT2D eigenvalue weighted by Crippen LogP contribution is 2.35. The van der Waals surface area contributed by atoms with E-state index < -0.39 is 0 Å². The van der Waals surface area contributed by atoms with Crippen LogP contribution in [0.4, 0.5) is 0 Å². The van der Waals surface area contributed by atoms with Crippen LogP contribution in [-0.2, 0) is 25.0 Å². The molecule has 1 aliphatic rings. The Labute approximate surface area is 203 Å². The molecule has 0 radical (unpaired) electrons. The molecule has 1 aliphatic carbocycles. The Kier molecular flexibility index (Phi) is 5.34. The maximum atomic E-state index is 13.5. The number of benzene rings is 2. The van der Waals surface area contributed by atoms with Crippen molar-refractivity contribution in [3.63, 3.8) is 0 Å². The molecular formula is C26H22N4O2S2. The number of fused-ring (bicyclic) bond motifs is 4. The molecule has 0 unspecified atom stereocenters. The topological polar surface area (TPSA) is 80.6 Å². The van der Waals surface area contributed by atoms with Crippen LogP contribution in [0.15, 0.2) is 63.3 Å². The minimum atomic E-state index is -0.107. The van der Waals surface area contributed by atoms with Crippen molar-refractivity contribution in [2.24, 2.45) is 0 Å². The van der Waals surface area contributed by atoms with Crippen LogP contribution in [0.3, 0.4) is 0 Å². The summed E-state index contributed by atoms with van der Waals surface area (Å²) in [6, 6.07) is 15.4. The molecule has 0 saturated heterocycles. The monoisotopic (exact) mass is 486 g/mol. The van der Waals surface area contributed by atoms with Crippen LogP contribution < -0.4 is 11.1 Å². The highest BCUT2D eigenvalue weighted by atomic mass is 32.2. The predicted molar refractivity (Wildman–Crippen MR) is 139 cm³/mol. The average molecular weight is 487 g/mol. The largest absolute Gasteiger partial charge is 0.309 e. The predicted octanol–water partition coefficient (Wildman–Crippen LogP) is 5.03. The molecule has 170 valence electrons. The van der Waals surface area contributed by atoms with Crippen molar-refractivity contribution < 1.29 is 0 Å². The fourth-order valence-corrected chi connectivity index (χ4v) is 6.73. The number of thiophene rings is 1. The second kappa shape index (κ2) is 8.52. The Balaban J connectivity index is 1.42. The molecule has 0 atom stereocenters. The minimum Gasteiger partial charge on any atom is -0.309 e. The lowest BCUT2D eigenvalue weighted by atomic mass is 10.1. The molecule has 5 aromatic rings. The smallest absolute Gasteiger partial charge is 0.266 e. The van der Waals surface area contributed by atoms with E-state index in [0.717, 1.165) is 41.6 Å². The Morgan fingerprint density at radius 1 is 1.06 bits per heavy atom. The molecule has 0 fully saturated rings. The number of para-hydroxylation sites is 1. The number of hydrogen-bond donors (Lipinski definition) is 1. The van der Waals surface area contributed by atoms with Gasteiger partial charge in [0.05, 0.1) is 27.7 Å². The summed E-state index contributed by atoms with van der Waals surface area (Å²) in [6.45, 7) is 2.10. The zero-order chi connectivity index (χ0) is 23.2. The van der Waals surface area contributed by atoms with Gasteiger partial charge in [0.25, 0.3) is 11.1 Å². The molecule has 2 aromatic carbocycles. The van der Waals surface area contributed by atoms with Gasteiger partial charge in [-0.15, -0.1) is 11.3 Å². The van der Waals surface area contributed by atoms with Crippen LogP contribution in [-0.4, -0.2) is 19.5 Å². The number of thioether (sulfide) groups is 1. The van der Waals surface area contributed by atoms with Gasteiger partial charge in [0.15, 0.2) is 5.16 Å². The first-order valence-corrected chi connectivity index (χ1v) is 13.2. The van der Waals surface area contributed by atoms with Crippen LogP contribution in [0.1, 0.15) is 35.2 Å². The van der Waals surface area contributed by atoms with E-state index in [-0.39, 0.29) is 11.1 Å². The fraction of sp³-hybridized carbons (Fsp3) is 0.231. The molecule has 6 nitrogen and oxygen atoms in total. The van der Waals surface area contributed by atoms with Gasteiger partial charge in [-0.05, 0) is 61.1 Å². The molecule has 34 heavy (non-hydrogen) atoms. The van der Waals surface area contributed by atoms with E-state index in [0.29, 0.717) is 27.6 Å². The van der Waals surface area contributed by atoms with E-state index in [4.69, 9.17) is 9.97 Å². The summed E-state index contributed by atoms with van der Waals surface area (Å²) >= 11 is 3.04. The summed E-state index contributed by atoms with van der Waals surface area (Å²) in [5.74, 6) is 1.00. The quantitative estimate of drug-likeness (QED) is 0.278. The fourth-order valence-electron chi connectivity index (χ4n) is 4.57. The summed E-state index contributed by atoms with van der Waals surface area (Å²) in [6.07, 6.45) is 4.03. The van der Waals surface area contributed by atoms with Crippen molar-refractivity contribution in [2.75, 3.05) is 0 Å². The number of nitrogens with one attached hydrogen (secondary N) is 1. The Hall–Kier alpha value is -3.23. The van der Waals surface area contributed by atoms with E-state index in [9.17, 15) is 9.59 Å². The standard InChI is InChI=1S/C26H22N4O2S2/c1-2-15-10-12-16(13-11-15)30-25(32)17-6-3-4-8-19(17)27-26(30)33-14-21-28-23(31)22-18-7-5-9-20(18)34-24(22)29-21/h3-4,6,8,10-13H,2,5,7,9,14H2,1H3,(H,28,29,31). The number of aromatic amines is 1. The third kappa shape index (κ3) is 3.58. The molecule has 0 aliphatic heterocycles. The van der Waals surface area contributed by atoms with Gasteiger partial charge in [-0.25, -0.2) is 9.97 Å². The molecular weight excluding hydrogens is 464 g/mol. The van der Waals surface area contributed by atoms with Gasteiger partial charge >= 0.3 is 0 Å². The van der Waals surface area contributed by atoms with E-state index in [2.05, 4.69) is 11.9 Å². The SMILES string of the molecule is CCc1ccc(-n2c(SCc3nc4sc5c(c4c(=O)[nH]3)CCC5)nc3ccccc3c2=O)cc1. The summed E-state index contributed by atoms with van der Waals surface area (Å²) in [4.78, 5) is 40.9. The minimum absolute atomic E-state index is 0.0704. The second-order valence-electron chi connectivity index (χ2n) is 8.41. The molecule has 0 spiro atoms. The molecule has 8 heteroatoms.